The highest BCUT2D eigenvalue weighted by molar-refractivity contribution is 9.10. The van der Waals surface area contributed by atoms with E-state index in [1.54, 1.807) is 0 Å². The van der Waals surface area contributed by atoms with Crippen LogP contribution in [-0.4, -0.2) is 30.7 Å². The van der Waals surface area contributed by atoms with E-state index in [0.29, 0.717) is 0 Å². The standard InChI is InChI=1S/C25H12BrClF11NO3/c26-15-6-10(23(32,24(33,34)35)25(36,37)38)7-19(42-22(30)31)13(15)9-18(40)12-2-1-3-17(20(12)29)39-21(41)14-8-11(27)4-5-16(14)28/h1-8,22H,9H2,(H,39,41). The third-order valence-electron chi connectivity index (χ3n) is 5.61. The Morgan fingerprint density at radius 3 is 2.10 bits per heavy atom. The average molecular weight is 699 g/mol. The number of nitrogens with one attached hydrogen (secondary N) is 1. The Morgan fingerprint density at radius 1 is 0.905 bits per heavy atom. The van der Waals surface area contributed by atoms with Crippen molar-refractivity contribution >= 4 is 44.9 Å². The van der Waals surface area contributed by atoms with Crippen LogP contribution >= 0.6 is 27.5 Å². The molecule has 42 heavy (non-hydrogen) atoms. The van der Waals surface area contributed by atoms with Crippen LogP contribution in [0.3, 0.4) is 0 Å². The molecule has 3 aromatic rings. The van der Waals surface area contributed by atoms with Gasteiger partial charge >= 0.3 is 24.6 Å². The third-order valence-corrected chi connectivity index (χ3v) is 6.55. The molecule has 0 spiro atoms. The highest BCUT2D eigenvalue weighted by Gasteiger charge is 2.73. The molecule has 0 bridgehead atoms. The van der Waals surface area contributed by atoms with Crippen molar-refractivity contribution < 1.29 is 62.6 Å². The smallest absolute Gasteiger partial charge is 0.434 e. The van der Waals surface area contributed by atoms with E-state index in [4.69, 9.17) is 11.6 Å². The van der Waals surface area contributed by atoms with Crippen LogP contribution in [0.4, 0.5) is 54.0 Å². The van der Waals surface area contributed by atoms with Crippen LogP contribution in [0.15, 0.2) is 53.0 Å². The number of carbonyl (C=O) groups is 2. The van der Waals surface area contributed by atoms with Gasteiger partial charge in [-0.1, -0.05) is 33.6 Å². The molecular formula is C25H12BrClF11NO3. The lowest BCUT2D eigenvalue weighted by atomic mass is 9.91. The maximum atomic E-state index is 15.2. The Kier molecular flexibility index (Phi) is 9.51. The van der Waals surface area contributed by atoms with Crippen molar-refractivity contribution in [2.45, 2.75) is 31.1 Å². The number of halogens is 13. The fourth-order valence-electron chi connectivity index (χ4n) is 3.63. The number of hydrogen-bond donors (Lipinski definition) is 1. The SMILES string of the molecule is O=C(Nc1cccc(C(=O)Cc2c(Br)cc(C(F)(C(F)(F)F)C(F)(F)F)cc2OC(F)F)c1F)c1cc(Cl)ccc1F. The van der Waals surface area contributed by atoms with Gasteiger partial charge < -0.3 is 10.1 Å². The summed E-state index contributed by atoms with van der Waals surface area (Å²) in [6.45, 7) is -3.85. The first-order valence-corrected chi connectivity index (χ1v) is 12.1. The molecule has 17 heteroatoms. The molecule has 3 rings (SSSR count). The molecule has 0 aliphatic rings. The monoisotopic (exact) mass is 697 g/mol. The fourth-order valence-corrected chi connectivity index (χ4v) is 4.39. The number of ketones is 1. The van der Waals surface area contributed by atoms with E-state index in [1.807, 2.05) is 5.32 Å². The molecule has 0 saturated heterocycles. The van der Waals surface area contributed by atoms with E-state index in [1.165, 1.54) is 0 Å². The average Bonchev–Trinajstić information content (AvgIpc) is 2.86. The second kappa shape index (κ2) is 12.1. The van der Waals surface area contributed by atoms with Crippen LogP contribution in [0.2, 0.25) is 5.02 Å². The first-order chi connectivity index (χ1) is 19.3. The topological polar surface area (TPSA) is 55.4 Å². The minimum absolute atomic E-state index is 0.0333. The van der Waals surface area contributed by atoms with Crippen molar-refractivity contribution in [3.8, 4) is 5.75 Å². The van der Waals surface area contributed by atoms with E-state index in [9.17, 15) is 53.5 Å². The van der Waals surface area contributed by atoms with E-state index in [-0.39, 0.29) is 17.2 Å². The summed E-state index contributed by atoms with van der Waals surface area (Å²) in [5, 5.41) is 1.96. The van der Waals surface area contributed by atoms with Gasteiger partial charge in [-0.3, -0.25) is 9.59 Å². The summed E-state index contributed by atoms with van der Waals surface area (Å²) in [4.78, 5) is 25.3. The Morgan fingerprint density at radius 2 is 1.52 bits per heavy atom. The molecule has 3 aromatic carbocycles. The fraction of sp³-hybridized carbons (Fsp3) is 0.200. The molecule has 226 valence electrons. The van der Waals surface area contributed by atoms with Crippen LogP contribution in [-0.2, 0) is 12.1 Å². The maximum absolute atomic E-state index is 15.2. The molecule has 0 unspecified atom stereocenters. The number of ether oxygens (including phenoxy) is 1. The van der Waals surface area contributed by atoms with Gasteiger partial charge in [-0.15, -0.1) is 0 Å². The van der Waals surface area contributed by atoms with Crippen molar-refractivity contribution in [3.05, 3.63) is 91.9 Å². The number of rotatable bonds is 8. The molecule has 0 aliphatic heterocycles. The zero-order valence-electron chi connectivity index (χ0n) is 20.0. The Labute approximate surface area is 241 Å². The molecule has 4 nitrogen and oxygen atoms in total. The second-order valence-corrected chi connectivity index (χ2v) is 9.60. The summed E-state index contributed by atoms with van der Waals surface area (Å²) in [6, 6.07) is 5.42. The number of carbonyl (C=O) groups excluding carboxylic acids is 2. The lowest BCUT2D eigenvalue weighted by Crippen LogP contribution is -2.50. The summed E-state index contributed by atoms with van der Waals surface area (Å²) >= 11 is 8.26. The van der Waals surface area contributed by atoms with Crippen molar-refractivity contribution in [1.29, 1.82) is 0 Å². The maximum Gasteiger partial charge on any atom is 0.435 e. The van der Waals surface area contributed by atoms with Crippen LogP contribution in [0.1, 0.15) is 31.8 Å². The number of Topliss-reactive ketones (excluding diaryl/α,β-unsaturated/α-hetero) is 1. The van der Waals surface area contributed by atoms with Gasteiger partial charge in [-0.05, 0) is 42.5 Å². The predicted molar refractivity (Wildman–Crippen MR) is 129 cm³/mol. The summed E-state index contributed by atoms with van der Waals surface area (Å²) < 4.78 is 152. The van der Waals surface area contributed by atoms with Crippen molar-refractivity contribution in [2.75, 3.05) is 5.32 Å². The Hall–Kier alpha value is -3.40. The lowest BCUT2D eigenvalue weighted by Gasteiger charge is -2.31. The van der Waals surface area contributed by atoms with E-state index >= 15 is 4.39 Å². The number of amides is 1. The summed E-state index contributed by atoms with van der Waals surface area (Å²) in [5.74, 6) is -6.37. The van der Waals surface area contributed by atoms with Gasteiger partial charge in [0.15, 0.2) is 11.6 Å². The van der Waals surface area contributed by atoms with Crippen molar-refractivity contribution in [1.82, 2.24) is 0 Å². The molecule has 0 aromatic heterocycles. The molecule has 0 aliphatic carbocycles. The molecule has 0 heterocycles. The minimum Gasteiger partial charge on any atom is -0.434 e. The first-order valence-electron chi connectivity index (χ1n) is 11.0. The number of hydrogen-bond acceptors (Lipinski definition) is 3. The quantitative estimate of drug-likeness (QED) is 0.189. The Bertz CT molecular complexity index is 1510. The summed E-state index contributed by atoms with van der Waals surface area (Å²) in [5.41, 5.74) is -11.1. The zero-order valence-corrected chi connectivity index (χ0v) is 22.4. The second-order valence-electron chi connectivity index (χ2n) is 8.31. The van der Waals surface area contributed by atoms with Crippen LogP contribution in [0.5, 0.6) is 5.75 Å². The highest BCUT2D eigenvalue weighted by Crippen LogP contribution is 2.54. The Balaban J connectivity index is 2.02. The molecule has 0 radical (unpaired) electrons. The van der Waals surface area contributed by atoms with Gasteiger partial charge in [0.2, 0.25) is 0 Å². The summed E-state index contributed by atoms with van der Waals surface area (Å²) in [7, 11) is 0. The van der Waals surface area contributed by atoms with Gasteiger partial charge in [0, 0.05) is 27.0 Å². The number of alkyl halides is 9. The largest absolute Gasteiger partial charge is 0.435 e. The van der Waals surface area contributed by atoms with Gasteiger partial charge in [0.1, 0.15) is 11.6 Å². The van der Waals surface area contributed by atoms with Crippen LogP contribution < -0.4 is 10.1 Å². The van der Waals surface area contributed by atoms with Gasteiger partial charge in [0.25, 0.3) is 5.91 Å². The molecule has 1 N–H and O–H groups in total. The summed E-state index contributed by atoms with van der Waals surface area (Å²) in [6.07, 6.45) is -14.4. The number of anilines is 1. The minimum atomic E-state index is -6.59. The first kappa shape index (κ1) is 33.1. The van der Waals surface area contributed by atoms with E-state index < -0.39 is 92.5 Å². The van der Waals surface area contributed by atoms with Crippen LogP contribution in [0.25, 0.3) is 0 Å². The molecule has 0 fully saturated rings. The van der Waals surface area contributed by atoms with Gasteiger partial charge in [0.05, 0.1) is 16.8 Å². The molecule has 0 atom stereocenters. The van der Waals surface area contributed by atoms with Crippen molar-refractivity contribution in [3.63, 3.8) is 0 Å². The highest BCUT2D eigenvalue weighted by atomic mass is 79.9. The molecule has 0 saturated carbocycles. The van der Waals surface area contributed by atoms with Crippen LogP contribution in [0, 0.1) is 11.6 Å². The molecular weight excluding hydrogens is 687 g/mol. The predicted octanol–water partition coefficient (Wildman–Crippen LogP) is 8.95. The third kappa shape index (κ3) is 6.64. The zero-order chi connectivity index (χ0) is 31.8. The normalized spacial score (nSPS) is 12.4. The molecule has 1 amide bonds. The number of benzene rings is 3. The van der Waals surface area contributed by atoms with Gasteiger partial charge in [-0.2, -0.15) is 35.1 Å². The van der Waals surface area contributed by atoms with Crippen molar-refractivity contribution in [2.24, 2.45) is 0 Å². The van der Waals surface area contributed by atoms with E-state index in [0.717, 1.165) is 36.4 Å². The van der Waals surface area contributed by atoms with Gasteiger partial charge in [-0.25, -0.2) is 13.2 Å². The lowest BCUT2D eigenvalue weighted by molar-refractivity contribution is -0.348. The van der Waals surface area contributed by atoms with E-state index in [2.05, 4.69) is 20.7 Å².